The summed E-state index contributed by atoms with van der Waals surface area (Å²) in [6, 6.07) is 5.71. The number of hydrogen-bond acceptors (Lipinski definition) is 3. The van der Waals surface area contributed by atoms with Crippen LogP contribution in [0.2, 0.25) is 0 Å². The molecule has 0 amide bonds. The molecule has 0 saturated heterocycles. The van der Waals surface area contributed by atoms with Crippen LogP contribution in [0.1, 0.15) is 5.56 Å². The molecule has 0 saturated carbocycles. The Bertz CT molecular complexity index is 550. The Morgan fingerprint density at radius 1 is 1.57 bits per heavy atom. The third kappa shape index (κ3) is 1.16. The van der Waals surface area contributed by atoms with Crippen LogP contribution in [0.3, 0.4) is 0 Å². The first-order valence-corrected chi connectivity index (χ1v) is 4.74. The van der Waals surface area contributed by atoms with Gasteiger partial charge in [0.25, 0.3) is 0 Å². The number of nitrogens with zero attached hydrogens (tertiary/aromatic N) is 3. The molecule has 2 rings (SSSR count). The zero-order chi connectivity index (χ0) is 10.3. The molecular formula is C9H7BrN4. The molecule has 0 aliphatic heterocycles. The number of imidazole rings is 1. The summed E-state index contributed by atoms with van der Waals surface area (Å²) in [5.74, 6) is 0.412. The Kier molecular flexibility index (Phi) is 1.93. The van der Waals surface area contributed by atoms with Crippen LogP contribution in [0.4, 0.5) is 5.95 Å². The first kappa shape index (κ1) is 9.03. The molecule has 4 nitrogen and oxygen atoms in total. The molecule has 0 fully saturated rings. The normalized spacial score (nSPS) is 10.4. The number of anilines is 1. The molecule has 70 valence electrons. The number of benzene rings is 1. The Morgan fingerprint density at radius 2 is 2.29 bits per heavy atom. The summed E-state index contributed by atoms with van der Waals surface area (Å²) in [7, 11) is 1.79. The number of aromatic nitrogens is 2. The summed E-state index contributed by atoms with van der Waals surface area (Å²) in [6.07, 6.45) is 0. The van der Waals surface area contributed by atoms with Crippen molar-refractivity contribution in [3.8, 4) is 6.07 Å². The minimum Gasteiger partial charge on any atom is -0.369 e. The van der Waals surface area contributed by atoms with E-state index in [1.165, 1.54) is 0 Å². The quantitative estimate of drug-likeness (QED) is 0.776. The molecule has 0 bridgehead atoms. The van der Waals surface area contributed by atoms with Crippen molar-refractivity contribution in [2.24, 2.45) is 7.05 Å². The predicted octanol–water partition coefficient (Wildman–Crippen LogP) is 1.79. The molecule has 2 aromatic rings. The molecule has 1 aromatic carbocycles. The molecule has 0 aliphatic carbocycles. The van der Waals surface area contributed by atoms with E-state index in [1.807, 2.05) is 6.07 Å². The smallest absolute Gasteiger partial charge is 0.200 e. The fraction of sp³-hybridized carbons (Fsp3) is 0.111. The first-order valence-electron chi connectivity index (χ1n) is 3.95. The Labute approximate surface area is 89.1 Å². The maximum absolute atomic E-state index is 8.94. The second-order valence-corrected chi connectivity index (χ2v) is 3.88. The molecule has 1 heterocycles. The summed E-state index contributed by atoms with van der Waals surface area (Å²) >= 11 is 3.32. The van der Waals surface area contributed by atoms with Crippen molar-refractivity contribution in [2.75, 3.05) is 5.73 Å². The third-order valence-electron chi connectivity index (χ3n) is 2.09. The van der Waals surface area contributed by atoms with Crippen LogP contribution in [0, 0.1) is 11.3 Å². The van der Waals surface area contributed by atoms with Crippen molar-refractivity contribution in [3.05, 3.63) is 22.2 Å². The van der Waals surface area contributed by atoms with Gasteiger partial charge in [-0.2, -0.15) is 5.26 Å². The largest absolute Gasteiger partial charge is 0.369 e. The van der Waals surface area contributed by atoms with Gasteiger partial charge in [-0.3, -0.25) is 0 Å². The van der Waals surface area contributed by atoms with Crippen molar-refractivity contribution >= 4 is 32.9 Å². The van der Waals surface area contributed by atoms with Crippen LogP contribution in [-0.2, 0) is 7.05 Å². The van der Waals surface area contributed by atoms with E-state index in [9.17, 15) is 0 Å². The summed E-state index contributed by atoms with van der Waals surface area (Å²) in [4.78, 5) is 4.14. The van der Waals surface area contributed by atoms with Gasteiger partial charge in [0.05, 0.1) is 16.6 Å². The molecule has 14 heavy (non-hydrogen) atoms. The number of fused-ring (bicyclic) bond motifs is 1. The van der Waals surface area contributed by atoms with E-state index < -0.39 is 0 Å². The Morgan fingerprint density at radius 3 is 2.93 bits per heavy atom. The van der Waals surface area contributed by atoms with Crippen LogP contribution < -0.4 is 5.73 Å². The van der Waals surface area contributed by atoms with E-state index in [1.54, 1.807) is 17.7 Å². The second kappa shape index (κ2) is 3.00. The highest BCUT2D eigenvalue weighted by Crippen LogP contribution is 2.24. The summed E-state index contributed by atoms with van der Waals surface area (Å²) in [5.41, 5.74) is 7.73. The zero-order valence-electron chi connectivity index (χ0n) is 7.45. The SMILES string of the molecule is Cn1c(N)nc2cc(Br)cc(C#N)c21. The number of nitrogen functional groups attached to an aromatic ring is 1. The molecular weight excluding hydrogens is 244 g/mol. The van der Waals surface area contributed by atoms with Gasteiger partial charge in [0.1, 0.15) is 6.07 Å². The van der Waals surface area contributed by atoms with E-state index in [0.717, 1.165) is 15.5 Å². The van der Waals surface area contributed by atoms with Gasteiger partial charge in [-0.05, 0) is 12.1 Å². The van der Waals surface area contributed by atoms with Gasteiger partial charge in [-0.1, -0.05) is 15.9 Å². The maximum atomic E-state index is 8.94. The molecule has 0 spiro atoms. The van der Waals surface area contributed by atoms with Crippen LogP contribution >= 0.6 is 15.9 Å². The van der Waals surface area contributed by atoms with E-state index in [-0.39, 0.29) is 0 Å². The highest BCUT2D eigenvalue weighted by Gasteiger charge is 2.10. The third-order valence-corrected chi connectivity index (χ3v) is 2.55. The minimum absolute atomic E-state index is 0.412. The molecule has 2 N–H and O–H groups in total. The summed E-state index contributed by atoms with van der Waals surface area (Å²) < 4.78 is 2.54. The van der Waals surface area contributed by atoms with Gasteiger partial charge in [0.2, 0.25) is 5.95 Å². The zero-order valence-corrected chi connectivity index (χ0v) is 9.04. The average Bonchev–Trinajstić information content (AvgIpc) is 2.41. The predicted molar refractivity (Wildman–Crippen MR) is 57.5 cm³/mol. The Balaban J connectivity index is 2.98. The lowest BCUT2D eigenvalue weighted by atomic mass is 10.2. The van der Waals surface area contributed by atoms with Crippen molar-refractivity contribution in [2.45, 2.75) is 0 Å². The monoisotopic (exact) mass is 250 g/mol. The Hall–Kier alpha value is -1.54. The number of nitriles is 1. The highest BCUT2D eigenvalue weighted by molar-refractivity contribution is 9.10. The number of rotatable bonds is 0. The van der Waals surface area contributed by atoms with Crippen molar-refractivity contribution < 1.29 is 0 Å². The molecule has 0 aliphatic rings. The fourth-order valence-corrected chi connectivity index (χ4v) is 1.87. The van der Waals surface area contributed by atoms with Crippen LogP contribution in [0.15, 0.2) is 16.6 Å². The topological polar surface area (TPSA) is 67.6 Å². The number of halogens is 1. The van der Waals surface area contributed by atoms with E-state index in [2.05, 4.69) is 27.0 Å². The number of nitrogens with two attached hydrogens (primary N) is 1. The lowest BCUT2D eigenvalue weighted by Gasteiger charge is -1.98. The minimum atomic E-state index is 0.412. The summed E-state index contributed by atoms with van der Waals surface area (Å²) in [6.45, 7) is 0. The number of hydrogen-bond donors (Lipinski definition) is 1. The standard InChI is InChI=1S/C9H7BrN4/c1-14-8-5(4-11)2-6(10)3-7(8)13-9(14)12/h2-3H,1H3,(H2,12,13). The fourth-order valence-electron chi connectivity index (χ4n) is 1.42. The lowest BCUT2D eigenvalue weighted by molar-refractivity contribution is 0.963. The van der Waals surface area contributed by atoms with Crippen LogP contribution in [-0.4, -0.2) is 9.55 Å². The molecule has 1 aromatic heterocycles. The van der Waals surface area contributed by atoms with Crippen LogP contribution in [0.25, 0.3) is 11.0 Å². The van der Waals surface area contributed by atoms with E-state index in [0.29, 0.717) is 11.5 Å². The van der Waals surface area contributed by atoms with Gasteiger partial charge in [-0.25, -0.2) is 4.98 Å². The number of aryl methyl sites for hydroxylation is 1. The van der Waals surface area contributed by atoms with Gasteiger partial charge >= 0.3 is 0 Å². The van der Waals surface area contributed by atoms with E-state index in [4.69, 9.17) is 11.0 Å². The van der Waals surface area contributed by atoms with Gasteiger partial charge in [0.15, 0.2) is 0 Å². The average molecular weight is 251 g/mol. The molecule has 0 unspecified atom stereocenters. The maximum Gasteiger partial charge on any atom is 0.200 e. The van der Waals surface area contributed by atoms with Crippen molar-refractivity contribution in [1.82, 2.24) is 9.55 Å². The van der Waals surface area contributed by atoms with Crippen molar-refractivity contribution in [1.29, 1.82) is 5.26 Å². The molecule has 0 atom stereocenters. The molecule has 0 radical (unpaired) electrons. The summed E-state index contributed by atoms with van der Waals surface area (Å²) in [5, 5.41) is 8.94. The van der Waals surface area contributed by atoms with Gasteiger partial charge in [0, 0.05) is 11.5 Å². The van der Waals surface area contributed by atoms with Crippen LogP contribution in [0.5, 0.6) is 0 Å². The van der Waals surface area contributed by atoms with Crippen molar-refractivity contribution in [3.63, 3.8) is 0 Å². The first-order chi connectivity index (χ1) is 6.63. The lowest BCUT2D eigenvalue weighted by Crippen LogP contribution is -1.97. The highest BCUT2D eigenvalue weighted by atomic mass is 79.9. The molecule has 5 heteroatoms. The van der Waals surface area contributed by atoms with Gasteiger partial charge < -0.3 is 10.3 Å². The second-order valence-electron chi connectivity index (χ2n) is 2.96. The van der Waals surface area contributed by atoms with E-state index >= 15 is 0 Å². The van der Waals surface area contributed by atoms with Gasteiger partial charge in [-0.15, -0.1) is 0 Å².